The summed E-state index contributed by atoms with van der Waals surface area (Å²) in [6.07, 6.45) is 1.04. The van der Waals surface area contributed by atoms with E-state index < -0.39 is 42.5 Å². The van der Waals surface area contributed by atoms with Crippen molar-refractivity contribution in [3.05, 3.63) is 65.7 Å². The second-order valence-electron chi connectivity index (χ2n) is 7.54. The van der Waals surface area contributed by atoms with Gasteiger partial charge >= 0.3 is 12.0 Å². The van der Waals surface area contributed by atoms with Crippen molar-refractivity contribution in [3.8, 4) is 0 Å². The lowest BCUT2D eigenvalue weighted by molar-refractivity contribution is -0.150. The summed E-state index contributed by atoms with van der Waals surface area (Å²) in [5.74, 6) is -1.84. The number of imide groups is 1. The molecule has 1 atom stereocenters. The number of benzene rings is 2. The van der Waals surface area contributed by atoms with Crippen LogP contribution in [-0.4, -0.2) is 47.4 Å². The van der Waals surface area contributed by atoms with Crippen LogP contribution in [0, 0.1) is 0 Å². The molecule has 1 aliphatic heterocycles. The van der Waals surface area contributed by atoms with Crippen LogP contribution in [0.1, 0.15) is 31.4 Å². The molecule has 0 saturated carbocycles. The quantitative estimate of drug-likeness (QED) is 0.501. The predicted molar refractivity (Wildman–Crippen MR) is 114 cm³/mol. The minimum absolute atomic E-state index is 0.397. The zero-order valence-electron chi connectivity index (χ0n) is 17.5. The summed E-state index contributed by atoms with van der Waals surface area (Å²) in [5.41, 5.74) is 1.62. The normalized spacial score (nSPS) is 17.9. The van der Waals surface area contributed by atoms with Gasteiger partial charge in [0.2, 0.25) is 0 Å². The highest BCUT2D eigenvalue weighted by molar-refractivity contribution is 6.08. The maximum atomic E-state index is 12.3. The van der Waals surface area contributed by atoms with Crippen LogP contribution in [0.2, 0.25) is 0 Å². The second kappa shape index (κ2) is 9.42. The molecule has 0 radical (unpaired) electrons. The Morgan fingerprint density at radius 3 is 2.42 bits per heavy atom. The van der Waals surface area contributed by atoms with Crippen LogP contribution in [0.3, 0.4) is 0 Å². The van der Waals surface area contributed by atoms with Gasteiger partial charge in [0.25, 0.3) is 11.8 Å². The third-order valence-corrected chi connectivity index (χ3v) is 5.23. The fourth-order valence-corrected chi connectivity index (χ4v) is 3.25. The first-order chi connectivity index (χ1) is 14.8. The molecule has 1 saturated heterocycles. The maximum absolute atomic E-state index is 12.3. The average molecular weight is 423 g/mol. The van der Waals surface area contributed by atoms with Crippen molar-refractivity contribution in [1.29, 1.82) is 0 Å². The molecule has 1 heterocycles. The number of anilines is 1. The van der Waals surface area contributed by atoms with Crippen molar-refractivity contribution < 1.29 is 23.9 Å². The number of ether oxygens (including phenoxy) is 1. The van der Waals surface area contributed by atoms with E-state index >= 15 is 0 Å². The Balaban J connectivity index is 1.53. The standard InChI is InChI=1S/C23H25N3O5/c1-3-23(2)21(29)26(22(30)25-23)14-20(28)31-15-19(27)24-18-12-8-7-11-17(18)13-16-9-5-4-6-10-16/h4-12H,3,13-15H2,1-2H3,(H,24,27)(H,25,30)/t23-/m0/s1. The first-order valence-corrected chi connectivity index (χ1v) is 10.0. The molecule has 1 fully saturated rings. The van der Waals surface area contributed by atoms with Gasteiger partial charge in [-0.3, -0.25) is 19.3 Å². The molecule has 0 spiro atoms. The lowest BCUT2D eigenvalue weighted by Crippen LogP contribution is -2.43. The second-order valence-corrected chi connectivity index (χ2v) is 7.54. The molecule has 1 aliphatic rings. The van der Waals surface area contributed by atoms with Gasteiger partial charge in [0.05, 0.1) is 0 Å². The fraction of sp³-hybridized carbons (Fsp3) is 0.304. The van der Waals surface area contributed by atoms with Crippen LogP contribution in [-0.2, 0) is 25.5 Å². The van der Waals surface area contributed by atoms with Crippen LogP contribution < -0.4 is 10.6 Å². The molecule has 8 heteroatoms. The topological polar surface area (TPSA) is 105 Å². The SMILES string of the molecule is CC[C@]1(C)NC(=O)N(CC(=O)OCC(=O)Nc2ccccc2Cc2ccccc2)C1=O. The van der Waals surface area contributed by atoms with E-state index in [1.165, 1.54) is 0 Å². The first kappa shape index (κ1) is 22.0. The van der Waals surface area contributed by atoms with Gasteiger partial charge in [-0.15, -0.1) is 0 Å². The lowest BCUT2D eigenvalue weighted by atomic mass is 9.99. The van der Waals surface area contributed by atoms with E-state index in [0.717, 1.165) is 16.0 Å². The summed E-state index contributed by atoms with van der Waals surface area (Å²) in [5, 5.41) is 5.30. The molecule has 8 nitrogen and oxygen atoms in total. The summed E-state index contributed by atoms with van der Waals surface area (Å²) < 4.78 is 4.97. The Morgan fingerprint density at radius 2 is 1.74 bits per heavy atom. The molecule has 2 aromatic carbocycles. The molecule has 31 heavy (non-hydrogen) atoms. The summed E-state index contributed by atoms with van der Waals surface area (Å²) in [4.78, 5) is 49.5. The molecule has 4 amide bonds. The first-order valence-electron chi connectivity index (χ1n) is 10.0. The predicted octanol–water partition coefficient (Wildman–Crippen LogP) is 2.48. The van der Waals surface area contributed by atoms with E-state index in [2.05, 4.69) is 10.6 Å². The third kappa shape index (κ3) is 5.28. The van der Waals surface area contributed by atoms with Gasteiger partial charge in [-0.25, -0.2) is 4.79 Å². The van der Waals surface area contributed by atoms with Crippen LogP contribution >= 0.6 is 0 Å². The minimum atomic E-state index is -1.03. The highest BCUT2D eigenvalue weighted by Gasteiger charge is 2.47. The van der Waals surface area contributed by atoms with Gasteiger partial charge in [-0.05, 0) is 37.0 Å². The maximum Gasteiger partial charge on any atom is 0.326 e. The Morgan fingerprint density at radius 1 is 1.06 bits per heavy atom. The molecule has 2 N–H and O–H groups in total. The largest absolute Gasteiger partial charge is 0.454 e. The average Bonchev–Trinajstić information content (AvgIpc) is 2.98. The summed E-state index contributed by atoms with van der Waals surface area (Å²) >= 11 is 0. The van der Waals surface area contributed by atoms with Crippen LogP contribution in [0.5, 0.6) is 0 Å². The van der Waals surface area contributed by atoms with Crippen molar-refractivity contribution >= 4 is 29.5 Å². The molecule has 0 bridgehead atoms. The van der Waals surface area contributed by atoms with E-state index in [0.29, 0.717) is 18.5 Å². The van der Waals surface area contributed by atoms with E-state index in [1.807, 2.05) is 42.5 Å². The fourth-order valence-electron chi connectivity index (χ4n) is 3.25. The van der Waals surface area contributed by atoms with Crippen LogP contribution in [0.15, 0.2) is 54.6 Å². The molecule has 0 unspecified atom stereocenters. The van der Waals surface area contributed by atoms with E-state index in [1.54, 1.807) is 26.0 Å². The number of esters is 1. The number of urea groups is 1. The highest BCUT2D eigenvalue weighted by atomic mass is 16.5. The number of nitrogens with zero attached hydrogens (tertiary/aromatic N) is 1. The van der Waals surface area contributed by atoms with E-state index in [4.69, 9.17) is 4.74 Å². The number of hydrogen-bond acceptors (Lipinski definition) is 5. The summed E-state index contributed by atoms with van der Waals surface area (Å²) in [7, 11) is 0. The van der Waals surface area contributed by atoms with Crippen LogP contribution in [0.25, 0.3) is 0 Å². The van der Waals surface area contributed by atoms with Crippen molar-refractivity contribution in [2.45, 2.75) is 32.2 Å². The lowest BCUT2D eigenvalue weighted by Gasteiger charge is -2.18. The minimum Gasteiger partial charge on any atom is -0.454 e. The third-order valence-electron chi connectivity index (χ3n) is 5.23. The van der Waals surface area contributed by atoms with Gasteiger partial charge in [-0.1, -0.05) is 55.5 Å². The summed E-state index contributed by atoms with van der Waals surface area (Å²) in [6, 6.07) is 16.6. The number of carbonyl (C=O) groups is 4. The van der Waals surface area contributed by atoms with Crippen molar-refractivity contribution in [2.24, 2.45) is 0 Å². The number of amides is 4. The van der Waals surface area contributed by atoms with Gasteiger partial charge in [0.1, 0.15) is 12.1 Å². The molecule has 0 aliphatic carbocycles. The molecular weight excluding hydrogens is 398 g/mol. The van der Waals surface area contributed by atoms with Crippen molar-refractivity contribution in [2.75, 3.05) is 18.5 Å². The molecule has 0 aromatic heterocycles. The number of rotatable bonds is 8. The number of para-hydroxylation sites is 1. The zero-order chi connectivity index (χ0) is 22.4. The monoisotopic (exact) mass is 423 g/mol. The van der Waals surface area contributed by atoms with Gasteiger partial charge < -0.3 is 15.4 Å². The smallest absolute Gasteiger partial charge is 0.326 e. The van der Waals surface area contributed by atoms with Gasteiger partial charge in [-0.2, -0.15) is 0 Å². The Kier molecular flexibility index (Phi) is 6.69. The zero-order valence-corrected chi connectivity index (χ0v) is 17.5. The van der Waals surface area contributed by atoms with Crippen molar-refractivity contribution in [1.82, 2.24) is 10.2 Å². The summed E-state index contributed by atoms with van der Waals surface area (Å²) in [6.45, 7) is 2.30. The Hall–Kier alpha value is -3.68. The van der Waals surface area contributed by atoms with Crippen molar-refractivity contribution in [3.63, 3.8) is 0 Å². The van der Waals surface area contributed by atoms with Gasteiger partial charge in [0, 0.05) is 5.69 Å². The number of hydrogen-bond donors (Lipinski definition) is 2. The molecule has 3 rings (SSSR count). The van der Waals surface area contributed by atoms with E-state index in [-0.39, 0.29) is 0 Å². The Labute approximate surface area is 180 Å². The molecular formula is C23H25N3O5. The molecule has 2 aromatic rings. The Bertz CT molecular complexity index is 992. The molecule has 162 valence electrons. The van der Waals surface area contributed by atoms with Crippen LogP contribution in [0.4, 0.5) is 10.5 Å². The number of nitrogens with one attached hydrogen (secondary N) is 2. The highest BCUT2D eigenvalue weighted by Crippen LogP contribution is 2.21. The van der Waals surface area contributed by atoms with E-state index in [9.17, 15) is 19.2 Å². The number of carbonyl (C=O) groups excluding carboxylic acids is 4. The van der Waals surface area contributed by atoms with Gasteiger partial charge in [0.15, 0.2) is 6.61 Å².